The van der Waals surface area contributed by atoms with Crippen LogP contribution in [0.2, 0.25) is 0 Å². The molecule has 88 valence electrons. The summed E-state index contributed by atoms with van der Waals surface area (Å²) in [6.07, 6.45) is 0.391. The summed E-state index contributed by atoms with van der Waals surface area (Å²) < 4.78 is 11.2. The lowest BCUT2D eigenvalue weighted by atomic mass is 9.66. The monoisotopic (exact) mass is 217 g/mol. The molecule has 0 saturated carbocycles. The van der Waals surface area contributed by atoms with Crippen LogP contribution in [0.25, 0.3) is 0 Å². The van der Waals surface area contributed by atoms with E-state index in [1.54, 1.807) is 0 Å². The fraction of sp³-hybridized carbons (Fsp3) is 1.00. The second-order valence-electron chi connectivity index (χ2n) is 4.58. The molecule has 3 saturated heterocycles. The minimum Gasteiger partial charge on any atom is -0.394 e. The molecule has 3 fully saturated rings. The Hall–Kier alpha value is -0.200. The van der Waals surface area contributed by atoms with Gasteiger partial charge in [-0.3, -0.25) is 0 Å². The predicted molar refractivity (Wildman–Crippen MR) is 53.0 cm³/mol. The van der Waals surface area contributed by atoms with Crippen molar-refractivity contribution in [2.45, 2.75) is 43.8 Å². The largest absolute Gasteiger partial charge is 0.394 e. The van der Waals surface area contributed by atoms with E-state index in [2.05, 4.69) is 0 Å². The van der Waals surface area contributed by atoms with Crippen molar-refractivity contribution in [3.05, 3.63) is 0 Å². The van der Waals surface area contributed by atoms with Crippen molar-refractivity contribution >= 4 is 0 Å². The Balaban J connectivity index is 2.26. The van der Waals surface area contributed by atoms with Crippen molar-refractivity contribution in [3.8, 4) is 0 Å². The third-order valence-electron chi connectivity index (χ3n) is 3.84. The van der Waals surface area contributed by atoms with Crippen molar-refractivity contribution in [3.63, 3.8) is 0 Å². The highest BCUT2D eigenvalue weighted by atomic mass is 16.8. The van der Waals surface area contributed by atoms with Crippen LogP contribution in [-0.2, 0) is 9.47 Å². The first kappa shape index (κ1) is 11.3. The van der Waals surface area contributed by atoms with Gasteiger partial charge in [0, 0.05) is 5.92 Å². The molecule has 0 aromatic heterocycles. The number of hydrogen-bond acceptors (Lipinski definition) is 5. The molecule has 0 aromatic carbocycles. The van der Waals surface area contributed by atoms with Crippen molar-refractivity contribution in [2.24, 2.45) is 11.7 Å². The van der Waals surface area contributed by atoms with Gasteiger partial charge in [-0.2, -0.15) is 0 Å². The molecule has 3 rings (SSSR count). The zero-order valence-electron chi connectivity index (χ0n) is 9.14. The van der Waals surface area contributed by atoms with Gasteiger partial charge < -0.3 is 25.4 Å². The van der Waals surface area contributed by atoms with Crippen molar-refractivity contribution < 1.29 is 19.7 Å². The Morgan fingerprint density at radius 3 is 2.53 bits per heavy atom. The Labute approximate surface area is 89.2 Å². The second kappa shape index (κ2) is 3.40. The summed E-state index contributed by atoms with van der Waals surface area (Å²) in [7, 11) is 0. The summed E-state index contributed by atoms with van der Waals surface area (Å²) in [4.78, 5) is 0. The summed E-state index contributed by atoms with van der Waals surface area (Å²) in [5.41, 5.74) is 5.51. The van der Waals surface area contributed by atoms with Gasteiger partial charge in [0.25, 0.3) is 0 Å². The molecule has 0 spiro atoms. The maximum Gasteiger partial charge on any atom is 0.198 e. The Morgan fingerprint density at radius 2 is 2.07 bits per heavy atom. The highest BCUT2D eigenvalue weighted by molar-refractivity contribution is 5.14. The lowest BCUT2D eigenvalue weighted by molar-refractivity contribution is -0.484. The van der Waals surface area contributed by atoms with Crippen LogP contribution in [0.3, 0.4) is 0 Å². The standard InChI is InChI=1S/C10H19NO4/c1-3-7-9(2)8(11)6(4-12)14-10(7,5-13)15-9/h6-8,12-13H,3-5,11H2,1-2H3. The average molecular weight is 217 g/mol. The van der Waals surface area contributed by atoms with Gasteiger partial charge in [-0.05, 0) is 13.3 Å². The molecule has 5 atom stereocenters. The summed E-state index contributed by atoms with van der Waals surface area (Å²) >= 11 is 0. The van der Waals surface area contributed by atoms with Crippen LogP contribution in [0.4, 0.5) is 0 Å². The highest BCUT2D eigenvalue weighted by Crippen LogP contribution is 2.55. The zero-order chi connectivity index (χ0) is 11.3. The van der Waals surface area contributed by atoms with Crippen LogP contribution in [-0.4, -0.2) is 47.0 Å². The molecule has 0 aromatic rings. The van der Waals surface area contributed by atoms with E-state index in [0.29, 0.717) is 0 Å². The molecule has 0 aliphatic carbocycles. The maximum absolute atomic E-state index is 9.33. The molecule has 3 heterocycles. The maximum atomic E-state index is 9.33. The van der Waals surface area contributed by atoms with E-state index in [-0.39, 0.29) is 25.2 Å². The Bertz CT molecular complexity index is 258. The van der Waals surface area contributed by atoms with E-state index in [9.17, 15) is 5.11 Å². The first-order chi connectivity index (χ1) is 7.04. The molecular weight excluding hydrogens is 198 g/mol. The normalized spacial score (nSPS) is 53.8. The SMILES string of the molecule is CCC1C2(CO)OC(CO)C(N)C1(C)O2. The third-order valence-corrected chi connectivity index (χ3v) is 3.84. The zero-order valence-corrected chi connectivity index (χ0v) is 9.14. The highest BCUT2D eigenvalue weighted by Gasteiger charge is 2.70. The minimum atomic E-state index is -0.938. The van der Waals surface area contributed by atoms with Gasteiger partial charge in [0.2, 0.25) is 0 Å². The van der Waals surface area contributed by atoms with Crippen LogP contribution < -0.4 is 5.73 Å². The number of aliphatic hydroxyl groups is 2. The van der Waals surface area contributed by atoms with Crippen LogP contribution in [0.1, 0.15) is 20.3 Å². The lowest BCUT2D eigenvalue weighted by Gasteiger charge is -2.67. The average Bonchev–Trinajstić information content (AvgIpc) is 2.21. The fourth-order valence-electron chi connectivity index (χ4n) is 3.05. The molecule has 3 aliphatic heterocycles. The number of ether oxygens (including phenoxy) is 2. The Kier molecular flexibility index (Phi) is 2.56. The van der Waals surface area contributed by atoms with Gasteiger partial charge in [-0.25, -0.2) is 0 Å². The predicted octanol–water partition coefficient (Wildman–Crippen LogP) is -0.791. The van der Waals surface area contributed by atoms with Gasteiger partial charge >= 0.3 is 0 Å². The van der Waals surface area contributed by atoms with Gasteiger partial charge in [-0.15, -0.1) is 0 Å². The number of nitrogens with two attached hydrogens (primary N) is 1. The number of aliphatic hydroxyl groups excluding tert-OH is 2. The van der Waals surface area contributed by atoms with Crippen molar-refractivity contribution in [1.82, 2.24) is 0 Å². The van der Waals surface area contributed by atoms with E-state index in [1.807, 2.05) is 13.8 Å². The van der Waals surface area contributed by atoms with Gasteiger partial charge in [-0.1, -0.05) is 6.92 Å². The fourth-order valence-corrected chi connectivity index (χ4v) is 3.05. The second-order valence-corrected chi connectivity index (χ2v) is 4.58. The van der Waals surface area contributed by atoms with Gasteiger partial charge in [0.1, 0.15) is 6.10 Å². The molecule has 4 N–H and O–H groups in total. The van der Waals surface area contributed by atoms with Crippen molar-refractivity contribution in [1.29, 1.82) is 0 Å². The molecule has 2 bridgehead atoms. The first-order valence-electron chi connectivity index (χ1n) is 5.39. The smallest absolute Gasteiger partial charge is 0.198 e. The molecule has 5 unspecified atom stereocenters. The third kappa shape index (κ3) is 1.21. The van der Waals surface area contributed by atoms with E-state index in [1.165, 1.54) is 0 Å². The lowest BCUT2D eigenvalue weighted by Crippen LogP contribution is -2.83. The quantitative estimate of drug-likeness (QED) is 0.577. The van der Waals surface area contributed by atoms with E-state index in [0.717, 1.165) is 6.42 Å². The molecular formula is C10H19NO4. The summed E-state index contributed by atoms with van der Waals surface area (Å²) in [5.74, 6) is -0.847. The molecule has 3 aliphatic rings. The minimum absolute atomic E-state index is 0.0906. The van der Waals surface area contributed by atoms with E-state index < -0.39 is 17.5 Å². The van der Waals surface area contributed by atoms with Gasteiger partial charge in [0.15, 0.2) is 5.79 Å². The molecule has 0 radical (unpaired) electrons. The topological polar surface area (TPSA) is 84.9 Å². The number of hydrogen-bond donors (Lipinski definition) is 3. The van der Waals surface area contributed by atoms with Crippen molar-refractivity contribution in [2.75, 3.05) is 13.2 Å². The van der Waals surface area contributed by atoms with Crippen LogP contribution in [0.15, 0.2) is 0 Å². The van der Waals surface area contributed by atoms with Crippen LogP contribution in [0, 0.1) is 5.92 Å². The molecule has 5 nitrogen and oxygen atoms in total. The summed E-state index contributed by atoms with van der Waals surface area (Å²) in [5, 5.41) is 18.5. The summed E-state index contributed by atoms with van der Waals surface area (Å²) in [6.45, 7) is 3.61. The molecule has 5 heteroatoms. The van der Waals surface area contributed by atoms with E-state index >= 15 is 0 Å². The first-order valence-corrected chi connectivity index (χ1v) is 5.39. The number of rotatable bonds is 3. The molecule has 15 heavy (non-hydrogen) atoms. The summed E-state index contributed by atoms with van der Waals surface area (Å²) in [6, 6.07) is -0.346. The Morgan fingerprint density at radius 1 is 1.40 bits per heavy atom. The van der Waals surface area contributed by atoms with E-state index in [4.69, 9.17) is 20.3 Å². The van der Waals surface area contributed by atoms with Crippen LogP contribution >= 0.6 is 0 Å². The molecule has 0 amide bonds. The van der Waals surface area contributed by atoms with Gasteiger partial charge in [0.05, 0.1) is 24.9 Å². The van der Waals surface area contributed by atoms with Crippen LogP contribution in [0.5, 0.6) is 0 Å². The number of fused-ring (bicyclic) bond motifs is 2.